The maximum atomic E-state index is 12.2. The number of benzene rings is 1. The van der Waals surface area contributed by atoms with Gasteiger partial charge in [0, 0.05) is 16.4 Å². The lowest BCUT2D eigenvalue weighted by molar-refractivity contribution is 0.601. The van der Waals surface area contributed by atoms with Crippen molar-refractivity contribution in [1.29, 1.82) is 0 Å². The van der Waals surface area contributed by atoms with Crippen molar-refractivity contribution in [3.8, 4) is 0 Å². The van der Waals surface area contributed by atoms with Gasteiger partial charge in [0.2, 0.25) is 0 Å². The zero-order valence-electron chi connectivity index (χ0n) is 9.97. The van der Waals surface area contributed by atoms with Gasteiger partial charge in [0.1, 0.15) is 4.90 Å². The van der Waals surface area contributed by atoms with Gasteiger partial charge >= 0.3 is 0 Å². The normalized spacial score (nSPS) is 11.2. The van der Waals surface area contributed by atoms with Crippen molar-refractivity contribution >= 4 is 49.1 Å². The van der Waals surface area contributed by atoms with Gasteiger partial charge in [0.15, 0.2) is 5.82 Å². The molecule has 0 aliphatic carbocycles. The third-order valence-corrected chi connectivity index (χ3v) is 4.47. The number of anilines is 2. The number of sulfonamides is 1. The van der Waals surface area contributed by atoms with Crippen LogP contribution in [0.2, 0.25) is 5.02 Å². The Balaban J connectivity index is 2.33. The highest BCUT2D eigenvalue weighted by molar-refractivity contribution is 9.10. The molecule has 20 heavy (non-hydrogen) atoms. The molecule has 0 bridgehead atoms. The first kappa shape index (κ1) is 15.0. The molecule has 6 nitrogen and oxygen atoms in total. The maximum absolute atomic E-state index is 12.2. The van der Waals surface area contributed by atoms with E-state index in [1.807, 2.05) is 0 Å². The molecule has 0 atom stereocenters. The molecule has 1 aromatic heterocycles. The van der Waals surface area contributed by atoms with Gasteiger partial charge < -0.3 is 5.43 Å². The molecule has 0 radical (unpaired) electrons. The van der Waals surface area contributed by atoms with Crippen molar-refractivity contribution in [1.82, 2.24) is 4.98 Å². The molecule has 1 aromatic carbocycles. The molecule has 0 saturated heterocycles. The molecule has 0 spiro atoms. The molecular weight excluding hydrogens is 368 g/mol. The van der Waals surface area contributed by atoms with E-state index in [9.17, 15) is 8.42 Å². The van der Waals surface area contributed by atoms with Crippen LogP contribution in [0.15, 0.2) is 45.9 Å². The Morgan fingerprint density at radius 3 is 2.65 bits per heavy atom. The summed E-state index contributed by atoms with van der Waals surface area (Å²) in [5.74, 6) is 5.38. The average molecular weight is 378 g/mol. The molecule has 2 rings (SSSR count). The number of nitrogens with zero attached hydrogens (tertiary/aromatic N) is 1. The largest absolute Gasteiger partial charge is 0.307 e. The van der Waals surface area contributed by atoms with Crippen LogP contribution in [0.4, 0.5) is 11.5 Å². The van der Waals surface area contributed by atoms with Crippen LogP contribution in [0, 0.1) is 0 Å². The summed E-state index contributed by atoms with van der Waals surface area (Å²) >= 11 is 9.13. The van der Waals surface area contributed by atoms with E-state index in [1.54, 1.807) is 24.3 Å². The van der Waals surface area contributed by atoms with E-state index in [0.29, 0.717) is 5.69 Å². The summed E-state index contributed by atoms with van der Waals surface area (Å²) in [5, 5.41) is 0.115. The van der Waals surface area contributed by atoms with Gasteiger partial charge in [-0.3, -0.25) is 4.72 Å². The summed E-state index contributed by atoms with van der Waals surface area (Å²) in [5.41, 5.74) is 2.69. The molecule has 9 heteroatoms. The van der Waals surface area contributed by atoms with Crippen LogP contribution in [-0.4, -0.2) is 13.4 Å². The van der Waals surface area contributed by atoms with Crippen LogP contribution in [-0.2, 0) is 10.0 Å². The zero-order chi connectivity index (χ0) is 14.8. The summed E-state index contributed by atoms with van der Waals surface area (Å²) in [7, 11) is -3.76. The van der Waals surface area contributed by atoms with Gasteiger partial charge in [0.25, 0.3) is 10.0 Å². The number of nitrogens with two attached hydrogens (primary N) is 1. The van der Waals surface area contributed by atoms with Crippen molar-refractivity contribution in [2.45, 2.75) is 4.90 Å². The van der Waals surface area contributed by atoms with Crippen molar-refractivity contribution in [2.24, 2.45) is 5.84 Å². The summed E-state index contributed by atoms with van der Waals surface area (Å²) in [6.45, 7) is 0. The lowest BCUT2D eigenvalue weighted by Gasteiger charge is -2.09. The highest BCUT2D eigenvalue weighted by atomic mass is 79.9. The van der Waals surface area contributed by atoms with Crippen LogP contribution in [0.5, 0.6) is 0 Å². The van der Waals surface area contributed by atoms with E-state index in [-0.39, 0.29) is 15.7 Å². The number of aromatic nitrogens is 1. The lowest BCUT2D eigenvalue weighted by atomic mass is 10.3. The monoisotopic (exact) mass is 376 g/mol. The van der Waals surface area contributed by atoms with Gasteiger partial charge in [0.05, 0.1) is 5.02 Å². The number of nitrogens with one attached hydrogen (secondary N) is 2. The van der Waals surface area contributed by atoms with Crippen molar-refractivity contribution in [3.05, 3.63) is 46.0 Å². The molecule has 0 aliphatic heterocycles. The first-order chi connectivity index (χ1) is 9.42. The molecular formula is C11H10BrClN4O2S. The minimum atomic E-state index is -3.76. The fourth-order valence-electron chi connectivity index (χ4n) is 1.44. The van der Waals surface area contributed by atoms with Gasteiger partial charge in [-0.15, -0.1) is 0 Å². The number of hydrogen-bond donors (Lipinski definition) is 3. The molecule has 0 fully saturated rings. The maximum Gasteiger partial charge on any atom is 0.263 e. The zero-order valence-corrected chi connectivity index (χ0v) is 13.1. The molecule has 1 heterocycles. The van der Waals surface area contributed by atoms with E-state index in [1.165, 1.54) is 12.3 Å². The van der Waals surface area contributed by atoms with Crippen molar-refractivity contribution in [3.63, 3.8) is 0 Å². The SMILES string of the molecule is NNc1ncc(S(=O)(=O)Nc2cccc(Br)c2)cc1Cl. The topological polar surface area (TPSA) is 97.1 Å². The van der Waals surface area contributed by atoms with E-state index < -0.39 is 10.0 Å². The van der Waals surface area contributed by atoms with E-state index in [0.717, 1.165) is 4.47 Å². The third-order valence-electron chi connectivity index (χ3n) is 2.34. The second-order valence-corrected chi connectivity index (χ2v) is 6.77. The number of rotatable bonds is 4. The van der Waals surface area contributed by atoms with Crippen LogP contribution in [0.1, 0.15) is 0 Å². The van der Waals surface area contributed by atoms with Gasteiger partial charge in [-0.1, -0.05) is 33.6 Å². The number of halogens is 2. The van der Waals surface area contributed by atoms with Crippen LogP contribution in [0.25, 0.3) is 0 Å². The minimum Gasteiger partial charge on any atom is -0.307 e. The predicted octanol–water partition coefficient (Wildman–Crippen LogP) is 2.58. The molecule has 0 amide bonds. The molecule has 0 unspecified atom stereocenters. The summed E-state index contributed by atoms with van der Waals surface area (Å²) in [6, 6.07) is 8.05. The Bertz CT molecular complexity index is 739. The molecule has 0 aliphatic rings. The Morgan fingerprint density at radius 2 is 2.05 bits per heavy atom. The Morgan fingerprint density at radius 1 is 1.30 bits per heavy atom. The van der Waals surface area contributed by atoms with Crippen molar-refractivity contribution < 1.29 is 8.42 Å². The second kappa shape index (κ2) is 5.96. The lowest BCUT2D eigenvalue weighted by Crippen LogP contribution is -2.14. The number of pyridine rings is 1. The van der Waals surface area contributed by atoms with Gasteiger partial charge in [-0.05, 0) is 24.3 Å². The summed E-state index contributed by atoms with van der Waals surface area (Å²) < 4.78 is 27.6. The molecule has 0 saturated carbocycles. The number of hydrazine groups is 1. The smallest absolute Gasteiger partial charge is 0.263 e. The van der Waals surface area contributed by atoms with Crippen LogP contribution in [0.3, 0.4) is 0 Å². The standard InChI is InChI=1S/C11H10BrClN4O2S/c12-7-2-1-3-8(4-7)17-20(18,19)9-5-10(13)11(16-14)15-6-9/h1-6,17H,14H2,(H,15,16). The van der Waals surface area contributed by atoms with Crippen molar-refractivity contribution in [2.75, 3.05) is 10.1 Å². The third kappa shape index (κ3) is 3.40. The highest BCUT2D eigenvalue weighted by Gasteiger charge is 2.16. The Hall–Kier alpha value is -1.35. The Labute approximate surface area is 129 Å². The highest BCUT2D eigenvalue weighted by Crippen LogP contribution is 2.24. The predicted molar refractivity (Wildman–Crippen MR) is 82.0 cm³/mol. The van der Waals surface area contributed by atoms with Gasteiger partial charge in [-0.2, -0.15) is 0 Å². The first-order valence-corrected chi connectivity index (χ1v) is 7.98. The number of nitrogen functional groups attached to an aromatic ring is 1. The number of hydrogen-bond acceptors (Lipinski definition) is 5. The van der Waals surface area contributed by atoms with E-state index in [2.05, 4.69) is 31.1 Å². The van der Waals surface area contributed by atoms with Crippen LogP contribution < -0.4 is 16.0 Å². The van der Waals surface area contributed by atoms with Gasteiger partial charge in [-0.25, -0.2) is 19.2 Å². The fraction of sp³-hybridized carbons (Fsp3) is 0. The molecule has 4 N–H and O–H groups in total. The minimum absolute atomic E-state index is 0.0542. The summed E-state index contributed by atoms with van der Waals surface area (Å²) in [4.78, 5) is 3.77. The molecule has 106 valence electrons. The Kier molecular flexibility index (Phi) is 4.48. The second-order valence-electron chi connectivity index (χ2n) is 3.76. The fourth-order valence-corrected chi connectivity index (χ4v) is 3.14. The van der Waals surface area contributed by atoms with E-state index >= 15 is 0 Å². The first-order valence-electron chi connectivity index (χ1n) is 5.33. The van der Waals surface area contributed by atoms with Crippen LogP contribution >= 0.6 is 27.5 Å². The summed E-state index contributed by atoms with van der Waals surface area (Å²) in [6.07, 6.45) is 1.17. The quantitative estimate of drug-likeness (QED) is 0.562. The van der Waals surface area contributed by atoms with E-state index in [4.69, 9.17) is 17.4 Å². The average Bonchev–Trinajstić information content (AvgIpc) is 2.38. The molecule has 2 aromatic rings.